The highest BCUT2D eigenvalue weighted by Gasteiger charge is 2.27. The number of piperazine rings is 1. The zero-order valence-corrected chi connectivity index (χ0v) is 12.8. The average Bonchev–Trinajstić information content (AvgIpc) is 2.53. The van der Waals surface area contributed by atoms with Crippen molar-refractivity contribution in [2.24, 2.45) is 11.7 Å². The van der Waals surface area contributed by atoms with E-state index in [4.69, 9.17) is 5.73 Å². The summed E-state index contributed by atoms with van der Waals surface area (Å²) in [4.78, 5) is 9.40. The first-order chi connectivity index (χ1) is 9.80. The van der Waals surface area contributed by atoms with E-state index >= 15 is 0 Å². The highest BCUT2D eigenvalue weighted by molar-refractivity contribution is 5.38. The minimum atomic E-state index is 0.538. The van der Waals surface area contributed by atoms with Crippen molar-refractivity contribution in [1.29, 1.82) is 0 Å². The van der Waals surface area contributed by atoms with Gasteiger partial charge in [-0.2, -0.15) is 0 Å². The number of hydrogen-bond acceptors (Lipinski definition) is 4. The van der Waals surface area contributed by atoms with Crippen LogP contribution in [0.5, 0.6) is 0 Å². The van der Waals surface area contributed by atoms with Gasteiger partial charge in [0, 0.05) is 45.0 Å². The van der Waals surface area contributed by atoms with Crippen LogP contribution in [0, 0.1) is 5.92 Å². The molecule has 2 N–H and O–H groups in total. The molecule has 1 fully saturated rings. The van der Waals surface area contributed by atoms with Gasteiger partial charge in [0.2, 0.25) is 0 Å². The highest BCUT2D eigenvalue weighted by atomic mass is 15.3. The van der Waals surface area contributed by atoms with E-state index in [0.29, 0.717) is 6.04 Å². The van der Waals surface area contributed by atoms with Crippen LogP contribution in [0.1, 0.15) is 26.7 Å². The summed E-state index contributed by atoms with van der Waals surface area (Å²) in [5, 5.41) is 0. The largest absolute Gasteiger partial charge is 0.354 e. The minimum absolute atomic E-state index is 0.538. The van der Waals surface area contributed by atoms with Gasteiger partial charge in [0.15, 0.2) is 0 Å². The molecular weight excluding hydrogens is 248 g/mol. The van der Waals surface area contributed by atoms with Crippen LogP contribution >= 0.6 is 0 Å². The second-order valence-electron chi connectivity index (χ2n) is 5.59. The molecule has 1 aliphatic rings. The smallest absolute Gasteiger partial charge is 0.128 e. The molecule has 4 heteroatoms. The molecule has 1 saturated heterocycles. The van der Waals surface area contributed by atoms with Crippen molar-refractivity contribution >= 4 is 5.82 Å². The summed E-state index contributed by atoms with van der Waals surface area (Å²) in [5.41, 5.74) is 6.03. The molecule has 2 rings (SSSR count). The molecule has 0 aliphatic carbocycles. The van der Waals surface area contributed by atoms with Crippen molar-refractivity contribution in [1.82, 2.24) is 9.88 Å². The Kier molecular flexibility index (Phi) is 5.80. The molecule has 4 nitrogen and oxygen atoms in total. The van der Waals surface area contributed by atoms with Gasteiger partial charge in [-0.25, -0.2) is 4.98 Å². The topological polar surface area (TPSA) is 45.4 Å². The summed E-state index contributed by atoms with van der Waals surface area (Å²) in [6.07, 6.45) is 4.31. The maximum atomic E-state index is 6.03. The fourth-order valence-corrected chi connectivity index (χ4v) is 3.30. The van der Waals surface area contributed by atoms with E-state index < -0.39 is 0 Å². The quantitative estimate of drug-likeness (QED) is 0.863. The van der Waals surface area contributed by atoms with E-state index in [2.05, 4.69) is 40.8 Å². The van der Waals surface area contributed by atoms with Crippen LogP contribution in [0.2, 0.25) is 0 Å². The van der Waals surface area contributed by atoms with E-state index in [-0.39, 0.29) is 0 Å². The molecule has 20 heavy (non-hydrogen) atoms. The number of nitrogens with zero attached hydrogens (tertiary/aromatic N) is 3. The number of nitrogens with two attached hydrogens (primary N) is 1. The Morgan fingerprint density at radius 2 is 1.85 bits per heavy atom. The molecule has 1 atom stereocenters. The number of aromatic nitrogens is 1. The maximum Gasteiger partial charge on any atom is 0.128 e. The first kappa shape index (κ1) is 15.3. The fourth-order valence-electron chi connectivity index (χ4n) is 3.30. The lowest BCUT2D eigenvalue weighted by atomic mass is 9.92. The van der Waals surface area contributed by atoms with Crippen LogP contribution in [0.25, 0.3) is 0 Å². The first-order valence-electron chi connectivity index (χ1n) is 7.90. The van der Waals surface area contributed by atoms with Crippen LogP contribution in [-0.4, -0.2) is 48.6 Å². The molecule has 112 valence electrons. The Balaban J connectivity index is 1.93. The SMILES string of the molecule is CCC(CC)C(CN)N1CCN(c2ccccn2)CC1. The van der Waals surface area contributed by atoms with Gasteiger partial charge in [-0.05, 0) is 18.1 Å². The van der Waals surface area contributed by atoms with E-state index in [9.17, 15) is 0 Å². The normalized spacial score (nSPS) is 18.5. The number of hydrogen-bond donors (Lipinski definition) is 1. The third kappa shape index (κ3) is 3.49. The standard InChI is InChI=1S/C16H28N4/c1-3-14(4-2)15(13-17)19-9-11-20(12-10-19)16-7-5-6-8-18-16/h5-8,14-15H,3-4,9-13,17H2,1-2H3. The van der Waals surface area contributed by atoms with Crippen molar-refractivity contribution in [3.63, 3.8) is 0 Å². The van der Waals surface area contributed by atoms with Crippen LogP contribution < -0.4 is 10.6 Å². The summed E-state index contributed by atoms with van der Waals surface area (Å²) >= 11 is 0. The zero-order valence-electron chi connectivity index (χ0n) is 12.8. The van der Waals surface area contributed by atoms with Gasteiger partial charge in [0.1, 0.15) is 5.82 Å². The minimum Gasteiger partial charge on any atom is -0.354 e. The van der Waals surface area contributed by atoms with Crippen molar-refractivity contribution in [2.45, 2.75) is 32.7 Å². The molecule has 1 unspecified atom stereocenters. The van der Waals surface area contributed by atoms with Crippen molar-refractivity contribution in [2.75, 3.05) is 37.6 Å². The molecule has 0 spiro atoms. The number of anilines is 1. The summed E-state index contributed by atoms with van der Waals surface area (Å²) in [6.45, 7) is 9.61. The van der Waals surface area contributed by atoms with Crippen LogP contribution in [0.15, 0.2) is 24.4 Å². The summed E-state index contributed by atoms with van der Waals surface area (Å²) in [6, 6.07) is 6.66. The first-order valence-corrected chi connectivity index (χ1v) is 7.90. The van der Waals surface area contributed by atoms with E-state index in [1.807, 2.05) is 12.3 Å². The Morgan fingerprint density at radius 3 is 2.35 bits per heavy atom. The van der Waals surface area contributed by atoms with E-state index in [0.717, 1.165) is 44.5 Å². The lowest BCUT2D eigenvalue weighted by molar-refractivity contribution is 0.132. The molecule has 0 radical (unpaired) electrons. The Hall–Kier alpha value is -1.13. The lowest BCUT2D eigenvalue weighted by Crippen LogP contribution is -2.54. The predicted molar refractivity (Wildman–Crippen MR) is 84.9 cm³/mol. The molecule has 1 aromatic rings. The van der Waals surface area contributed by atoms with E-state index in [1.54, 1.807) is 0 Å². The van der Waals surface area contributed by atoms with Crippen LogP contribution in [0.4, 0.5) is 5.82 Å². The zero-order chi connectivity index (χ0) is 14.4. The molecule has 0 bridgehead atoms. The van der Waals surface area contributed by atoms with Gasteiger partial charge in [-0.1, -0.05) is 32.8 Å². The fraction of sp³-hybridized carbons (Fsp3) is 0.688. The van der Waals surface area contributed by atoms with Gasteiger partial charge < -0.3 is 10.6 Å². The second-order valence-corrected chi connectivity index (χ2v) is 5.59. The lowest BCUT2D eigenvalue weighted by Gasteiger charge is -2.42. The van der Waals surface area contributed by atoms with Gasteiger partial charge in [0.05, 0.1) is 0 Å². The van der Waals surface area contributed by atoms with Crippen LogP contribution in [-0.2, 0) is 0 Å². The van der Waals surface area contributed by atoms with Crippen molar-refractivity contribution in [3.8, 4) is 0 Å². The molecule has 1 aromatic heterocycles. The predicted octanol–water partition coefficient (Wildman–Crippen LogP) is 1.97. The van der Waals surface area contributed by atoms with Crippen molar-refractivity contribution < 1.29 is 0 Å². The second kappa shape index (κ2) is 7.60. The molecule has 0 amide bonds. The number of rotatable bonds is 6. The van der Waals surface area contributed by atoms with Crippen molar-refractivity contribution in [3.05, 3.63) is 24.4 Å². The Labute approximate surface area is 123 Å². The molecule has 0 saturated carbocycles. The Bertz CT molecular complexity index is 369. The third-order valence-electron chi connectivity index (χ3n) is 4.59. The van der Waals surface area contributed by atoms with Gasteiger partial charge in [0.25, 0.3) is 0 Å². The highest BCUT2D eigenvalue weighted by Crippen LogP contribution is 2.21. The number of pyridine rings is 1. The van der Waals surface area contributed by atoms with Crippen LogP contribution in [0.3, 0.4) is 0 Å². The molecular formula is C16H28N4. The van der Waals surface area contributed by atoms with Gasteiger partial charge in [-0.15, -0.1) is 0 Å². The van der Waals surface area contributed by atoms with Gasteiger partial charge >= 0.3 is 0 Å². The van der Waals surface area contributed by atoms with Gasteiger partial charge in [-0.3, -0.25) is 4.90 Å². The molecule has 2 heterocycles. The average molecular weight is 276 g/mol. The maximum absolute atomic E-state index is 6.03. The molecule has 0 aromatic carbocycles. The molecule has 1 aliphatic heterocycles. The Morgan fingerprint density at radius 1 is 1.15 bits per heavy atom. The summed E-state index contributed by atoms with van der Waals surface area (Å²) in [5.74, 6) is 1.82. The van der Waals surface area contributed by atoms with E-state index in [1.165, 1.54) is 12.8 Å². The summed E-state index contributed by atoms with van der Waals surface area (Å²) in [7, 11) is 0. The summed E-state index contributed by atoms with van der Waals surface area (Å²) < 4.78 is 0. The monoisotopic (exact) mass is 276 g/mol. The third-order valence-corrected chi connectivity index (χ3v) is 4.59.